The van der Waals surface area contributed by atoms with Gasteiger partial charge in [0.15, 0.2) is 0 Å². The molecule has 0 fully saturated rings. The number of aliphatic hydroxyl groups excluding tert-OH is 4. The van der Waals surface area contributed by atoms with Crippen molar-refractivity contribution in [3.8, 4) is 11.5 Å². The first kappa shape index (κ1) is 23.8. The number of anilines is 3. The molecule has 0 heterocycles. The first-order valence-electron chi connectivity index (χ1n) is 10.1. The summed E-state index contributed by atoms with van der Waals surface area (Å²) in [5, 5.41) is 37.4. The molecule has 0 radical (unpaired) electrons. The zero-order valence-electron chi connectivity index (χ0n) is 17.3. The molecule has 0 bridgehead atoms. The Balaban J connectivity index is 1.84. The van der Waals surface area contributed by atoms with Gasteiger partial charge in [-0.25, -0.2) is 0 Å². The van der Waals surface area contributed by atoms with Crippen LogP contribution in [0.4, 0.5) is 17.1 Å². The maximum atomic E-state index is 9.46. The standard InChI is InChI=1S/C24H26ClNO6/c25-17-1-3-18(4-2-17)26(19-5-9-23(10-6-19)31-15-21(29)13-27)20-7-11-24(12-8-20)32-16-22(30)14-28/h1-12,21-22,27-30H,13-16H2. The van der Waals surface area contributed by atoms with Gasteiger partial charge in [-0.05, 0) is 72.8 Å². The first-order chi connectivity index (χ1) is 15.5. The van der Waals surface area contributed by atoms with Crippen LogP contribution >= 0.6 is 11.6 Å². The van der Waals surface area contributed by atoms with Gasteiger partial charge in [-0.3, -0.25) is 0 Å². The molecule has 170 valence electrons. The van der Waals surface area contributed by atoms with Crippen molar-refractivity contribution < 1.29 is 29.9 Å². The molecule has 0 aliphatic heterocycles. The molecule has 0 saturated carbocycles. The number of aliphatic hydroxyl groups is 4. The molecule has 0 aliphatic rings. The molecule has 3 aromatic carbocycles. The van der Waals surface area contributed by atoms with Crippen LogP contribution < -0.4 is 14.4 Å². The third-order valence-corrected chi connectivity index (χ3v) is 4.83. The molecule has 0 aromatic heterocycles. The summed E-state index contributed by atoms with van der Waals surface area (Å²) in [6, 6.07) is 22.1. The maximum absolute atomic E-state index is 9.46. The third kappa shape index (κ3) is 6.59. The lowest BCUT2D eigenvalue weighted by atomic mass is 10.2. The van der Waals surface area contributed by atoms with Crippen LogP contribution in [0.25, 0.3) is 0 Å². The molecule has 32 heavy (non-hydrogen) atoms. The molecule has 2 atom stereocenters. The molecule has 2 unspecified atom stereocenters. The SMILES string of the molecule is OCC(O)COc1ccc(N(c2ccc(Cl)cc2)c2ccc(OCC(O)CO)cc2)cc1. The molecule has 0 saturated heterocycles. The summed E-state index contributed by atoms with van der Waals surface area (Å²) in [4.78, 5) is 2.02. The van der Waals surface area contributed by atoms with E-state index in [1.165, 1.54) is 0 Å². The molecule has 0 spiro atoms. The fourth-order valence-electron chi connectivity index (χ4n) is 2.91. The van der Waals surface area contributed by atoms with E-state index in [1.54, 1.807) is 24.3 Å². The Morgan fingerprint density at radius 3 is 1.31 bits per heavy atom. The van der Waals surface area contributed by atoms with Crippen LogP contribution in [-0.2, 0) is 0 Å². The highest BCUT2D eigenvalue weighted by Crippen LogP contribution is 2.36. The van der Waals surface area contributed by atoms with Crippen molar-refractivity contribution in [3.05, 3.63) is 77.8 Å². The average Bonchev–Trinajstić information content (AvgIpc) is 2.83. The van der Waals surface area contributed by atoms with E-state index in [9.17, 15) is 10.2 Å². The summed E-state index contributed by atoms with van der Waals surface area (Å²) in [6.45, 7) is -0.714. The summed E-state index contributed by atoms with van der Waals surface area (Å²) in [6.07, 6.45) is -1.86. The lowest BCUT2D eigenvalue weighted by Gasteiger charge is -2.26. The van der Waals surface area contributed by atoms with Gasteiger partial charge in [0.25, 0.3) is 0 Å². The fraction of sp³-hybridized carbons (Fsp3) is 0.250. The number of hydrogen-bond donors (Lipinski definition) is 4. The Hall–Kier alpha value is -2.81. The van der Waals surface area contributed by atoms with E-state index in [0.29, 0.717) is 16.5 Å². The maximum Gasteiger partial charge on any atom is 0.119 e. The van der Waals surface area contributed by atoms with E-state index in [-0.39, 0.29) is 26.4 Å². The van der Waals surface area contributed by atoms with Crippen LogP contribution in [0.3, 0.4) is 0 Å². The summed E-state index contributed by atoms with van der Waals surface area (Å²) in [5.74, 6) is 1.15. The van der Waals surface area contributed by atoms with Crippen LogP contribution in [0.2, 0.25) is 5.02 Å². The lowest BCUT2D eigenvalue weighted by molar-refractivity contribution is 0.0536. The number of rotatable bonds is 11. The minimum Gasteiger partial charge on any atom is -0.491 e. The van der Waals surface area contributed by atoms with E-state index >= 15 is 0 Å². The Morgan fingerprint density at radius 2 is 0.969 bits per heavy atom. The molecular weight excluding hydrogens is 434 g/mol. The van der Waals surface area contributed by atoms with Crippen LogP contribution in [0.1, 0.15) is 0 Å². The molecule has 7 nitrogen and oxygen atoms in total. The normalized spacial score (nSPS) is 12.8. The molecule has 3 rings (SSSR count). The summed E-state index contributed by atoms with van der Waals surface area (Å²) in [7, 11) is 0. The van der Waals surface area contributed by atoms with Crippen LogP contribution in [-0.4, -0.2) is 59.1 Å². The van der Waals surface area contributed by atoms with Crippen molar-refractivity contribution >= 4 is 28.7 Å². The largest absolute Gasteiger partial charge is 0.491 e. The zero-order valence-corrected chi connectivity index (χ0v) is 18.1. The van der Waals surface area contributed by atoms with Crippen LogP contribution in [0.15, 0.2) is 72.8 Å². The Bertz CT molecular complexity index is 892. The molecule has 0 aliphatic carbocycles. The minimum absolute atomic E-state index is 0.00316. The van der Waals surface area contributed by atoms with Gasteiger partial charge in [-0.1, -0.05) is 11.6 Å². The quantitative estimate of drug-likeness (QED) is 0.349. The van der Waals surface area contributed by atoms with Crippen molar-refractivity contribution in [1.29, 1.82) is 0 Å². The van der Waals surface area contributed by atoms with E-state index < -0.39 is 12.2 Å². The van der Waals surface area contributed by atoms with Crippen LogP contribution in [0, 0.1) is 0 Å². The van der Waals surface area contributed by atoms with Gasteiger partial charge in [-0.2, -0.15) is 0 Å². The Labute approximate surface area is 191 Å². The number of ether oxygens (including phenoxy) is 2. The minimum atomic E-state index is -0.931. The average molecular weight is 460 g/mol. The zero-order chi connectivity index (χ0) is 22.9. The predicted octanol–water partition coefficient (Wildman–Crippen LogP) is 3.27. The summed E-state index contributed by atoms with van der Waals surface area (Å²) in [5.41, 5.74) is 2.63. The lowest BCUT2D eigenvalue weighted by Crippen LogP contribution is -2.21. The van der Waals surface area contributed by atoms with Crippen LogP contribution in [0.5, 0.6) is 11.5 Å². The Morgan fingerprint density at radius 1 is 0.625 bits per heavy atom. The second-order valence-corrected chi connectivity index (χ2v) is 7.53. The van der Waals surface area contributed by atoms with Crippen molar-refractivity contribution in [3.63, 3.8) is 0 Å². The van der Waals surface area contributed by atoms with E-state index in [0.717, 1.165) is 17.1 Å². The topological polar surface area (TPSA) is 103 Å². The molecule has 3 aromatic rings. The first-order valence-corrected chi connectivity index (χ1v) is 10.5. The molecule has 0 amide bonds. The van der Waals surface area contributed by atoms with Gasteiger partial charge in [0.1, 0.15) is 36.9 Å². The summed E-state index contributed by atoms with van der Waals surface area (Å²) >= 11 is 6.07. The van der Waals surface area contributed by atoms with Gasteiger partial charge in [0.05, 0.1) is 13.2 Å². The highest BCUT2D eigenvalue weighted by molar-refractivity contribution is 6.30. The highest BCUT2D eigenvalue weighted by Gasteiger charge is 2.13. The molecule has 4 N–H and O–H groups in total. The van der Waals surface area contributed by atoms with Gasteiger partial charge >= 0.3 is 0 Å². The number of benzene rings is 3. The monoisotopic (exact) mass is 459 g/mol. The molecule has 8 heteroatoms. The smallest absolute Gasteiger partial charge is 0.119 e. The van der Waals surface area contributed by atoms with Crippen molar-refractivity contribution in [2.24, 2.45) is 0 Å². The highest BCUT2D eigenvalue weighted by atomic mass is 35.5. The summed E-state index contributed by atoms with van der Waals surface area (Å²) < 4.78 is 11.0. The number of halogens is 1. The van der Waals surface area contributed by atoms with Gasteiger partial charge in [0.2, 0.25) is 0 Å². The van der Waals surface area contributed by atoms with Gasteiger partial charge < -0.3 is 34.8 Å². The van der Waals surface area contributed by atoms with Gasteiger partial charge in [0, 0.05) is 22.1 Å². The second-order valence-electron chi connectivity index (χ2n) is 7.09. The van der Waals surface area contributed by atoms with Crippen molar-refractivity contribution in [2.45, 2.75) is 12.2 Å². The van der Waals surface area contributed by atoms with Crippen molar-refractivity contribution in [2.75, 3.05) is 31.3 Å². The fourth-order valence-corrected chi connectivity index (χ4v) is 3.04. The van der Waals surface area contributed by atoms with E-state index in [4.69, 9.17) is 31.3 Å². The number of nitrogens with zero attached hydrogens (tertiary/aromatic N) is 1. The predicted molar refractivity (Wildman–Crippen MR) is 123 cm³/mol. The molecular formula is C24H26ClNO6. The second kappa shape index (κ2) is 11.7. The number of hydrogen-bond acceptors (Lipinski definition) is 7. The van der Waals surface area contributed by atoms with E-state index in [2.05, 4.69) is 0 Å². The van der Waals surface area contributed by atoms with Crippen molar-refractivity contribution in [1.82, 2.24) is 0 Å². The van der Waals surface area contributed by atoms with E-state index in [1.807, 2.05) is 53.4 Å². The third-order valence-electron chi connectivity index (χ3n) is 4.58. The van der Waals surface area contributed by atoms with Gasteiger partial charge in [-0.15, -0.1) is 0 Å². The Kier molecular flexibility index (Phi) is 8.72.